The third kappa shape index (κ3) is 2.96. The van der Waals surface area contributed by atoms with Gasteiger partial charge in [-0.25, -0.2) is 0 Å². The largest absolute Gasteiger partial charge is 0.460 e. The molecule has 2 aliphatic rings. The second kappa shape index (κ2) is 8.14. The van der Waals surface area contributed by atoms with Crippen molar-refractivity contribution >= 4 is 61.1 Å². The van der Waals surface area contributed by atoms with Gasteiger partial charge in [-0.1, -0.05) is 91.0 Å². The van der Waals surface area contributed by atoms with Crippen LogP contribution in [0.25, 0.3) is 61.1 Å². The summed E-state index contributed by atoms with van der Waals surface area (Å²) in [5.74, 6) is 2.09. The van der Waals surface area contributed by atoms with Crippen molar-refractivity contribution in [3.63, 3.8) is 0 Å². The zero-order valence-electron chi connectivity index (χ0n) is 21.7. The van der Waals surface area contributed by atoms with Gasteiger partial charge in [0.25, 0.3) is 0 Å². The number of hydrogen-bond donors (Lipinski definition) is 2. The first-order valence-electron chi connectivity index (χ1n) is 13.8. The van der Waals surface area contributed by atoms with Crippen molar-refractivity contribution in [3.05, 3.63) is 137 Å². The Hall–Kier alpha value is -5.22. The van der Waals surface area contributed by atoms with Crippen molar-refractivity contribution in [1.82, 2.24) is 15.4 Å². The molecule has 0 saturated heterocycles. The average molecular weight is 516 g/mol. The SMILES string of the molecule is C1=Cc2c(oc3cccc(C4=c5ccccc5=C(n5c6ccccc6c6cc7ccccc7cc65)NN4)c23)CC1. The van der Waals surface area contributed by atoms with E-state index in [-0.39, 0.29) is 0 Å². The zero-order valence-corrected chi connectivity index (χ0v) is 21.7. The minimum atomic E-state index is 0.935. The molecule has 0 amide bonds. The first-order chi connectivity index (χ1) is 19.8. The Bertz CT molecular complexity index is 2330. The summed E-state index contributed by atoms with van der Waals surface area (Å²) in [7, 11) is 0. The lowest BCUT2D eigenvalue weighted by atomic mass is 9.96. The smallest absolute Gasteiger partial charge is 0.137 e. The number of allylic oxidation sites excluding steroid dienone is 1. The van der Waals surface area contributed by atoms with Gasteiger partial charge >= 0.3 is 0 Å². The maximum absolute atomic E-state index is 6.30. The number of furan rings is 1. The maximum atomic E-state index is 6.30. The van der Waals surface area contributed by atoms with Gasteiger partial charge in [-0.2, -0.15) is 0 Å². The van der Waals surface area contributed by atoms with Gasteiger partial charge in [0.15, 0.2) is 0 Å². The van der Waals surface area contributed by atoms with Crippen LogP contribution in [0.3, 0.4) is 0 Å². The monoisotopic (exact) mass is 515 g/mol. The molecule has 2 aromatic heterocycles. The number of nitrogens with zero attached hydrogens (tertiary/aromatic N) is 1. The molecule has 4 heteroatoms. The van der Waals surface area contributed by atoms with Crippen LogP contribution in [0.4, 0.5) is 0 Å². The Morgan fingerprint density at radius 2 is 1.48 bits per heavy atom. The highest BCUT2D eigenvalue weighted by Crippen LogP contribution is 2.36. The maximum Gasteiger partial charge on any atom is 0.137 e. The molecule has 0 radical (unpaired) electrons. The van der Waals surface area contributed by atoms with Crippen LogP contribution in [-0.2, 0) is 6.42 Å². The number of aromatic nitrogens is 1. The standard InChI is InChI=1S/C36H25N3O/c1-2-11-23-21-31-29(20-22(23)10-1)24-12-5-7-17-30(24)39(31)36-26-14-4-3-13-25(26)35(37-38-36)28-16-9-19-33-34(28)27-15-6-8-18-32(27)40-33/h1-7,9-17,19-21,37-38H,8,18H2. The molecule has 5 aromatic carbocycles. The summed E-state index contributed by atoms with van der Waals surface area (Å²) >= 11 is 0. The Balaban J connectivity index is 1.41. The van der Waals surface area contributed by atoms with E-state index in [1.807, 2.05) is 0 Å². The topological polar surface area (TPSA) is 42.1 Å². The molecule has 2 N–H and O–H groups in total. The minimum Gasteiger partial charge on any atom is -0.460 e. The quantitative estimate of drug-likeness (QED) is 0.275. The van der Waals surface area contributed by atoms with Crippen LogP contribution in [0.5, 0.6) is 0 Å². The Kier molecular flexibility index (Phi) is 4.41. The number of aryl methyl sites for hydroxylation is 1. The van der Waals surface area contributed by atoms with Crippen LogP contribution in [0, 0.1) is 0 Å². The van der Waals surface area contributed by atoms with Crippen LogP contribution in [-0.4, -0.2) is 4.57 Å². The molecule has 0 bridgehead atoms. The fourth-order valence-corrected chi connectivity index (χ4v) is 6.66. The van der Waals surface area contributed by atoms with Crippen molar-refractivity contribution in [2.75, 3.05) is 0 Å². The average Bonchev–Trinajstić information content (AvgIpc) is 3.55. The van der Waals surface area contributed by atoms with E-state index in [0.717, 1.165) is 51.7 Å². The van der Waals surface area contributed by atoms with Gasteiger partial charge in [-0.3, -0.25) is 15.4 Å². The summed E-state index contributed by atoms with van der Waals surface area (Å²) < 4.78 is 8.66. The van der Waals surface area contributed by atoms with E-state index in [4.69, 9.17) is 4.42 Å². The van der Waals surface area contributed by atoms with Crippen molar-refractivity contribution in [1.29, 1.82) is 0 Å². The van der Waals surface area contributed by atoms with E-state index in [9.17, 15) is 0 Å². The number of para-hydroxylation sites is 1. The molecule has 3 heterocycles. The molecule has 7 aromatic rings. The lowest BCUT2D eigenvalue weighted by Gasteiger charge is -2.24. The van der Waals surface area contributed by atoms with Crippen molar-refractivity contribution in [2.24, 2.45) is 0 Å². The van der Waals surface area contributed by atoms with Crippen molar-refractivity contribution in [3.8, 4) is 0 Å². The lowest BCUT2D eigenvalue weighted by molar-refractivity contribution is 0.546. The second-order valence-corrected chi connectivity index (χ2v) is 10.6. The normalized spacial score (nSPS) is 14.5. The van der Waals surface area contributed by atoms with Gasteiger partial charge in [0.2, 0.25) is 0 Å². The summed E-state index contributed by atoms with van der Waals surface area (Å²) in [6, 6.07) is 36.9. The highest BCUT2D eigenvalue weighted by Gasteiger charge is 2.22. The summed E-state index contributed by atoms with van der Waals surface area (Å²) in [6.07, 6.45) is 6.43. The Labute approximate surface area is 230 Å². The first-order valence-corrected chi connectivity index (χ1v) is 13.8. The number of rotatable bonds is 2. The molecule has 4 nitrogen and oxygen atoms in total. The van der Waals surface area contributed by atoms with E-state index in [2.05, 4.69) is 131 Å². The van der Waals surface area contributed by atoms with Crippen molar-refractivity contribution in [2.45, 2.75) is 12.8 Å². The highest BCUT2D eigenvalue weighted by molar-refractivity contribution is 6.14. The summed E-state index contributed by atoms with van der Waals surface area (Å²) in [4.78, 5) is 0. The molecule has 190 valence electrons. The van der Waals surface area contributed by atoms with E-state index in [1.165, 1.54) is 43.5 Å². The van der Waals surface area contributed by atoms with E-state index in [1.54, 1.807) is 0 Å². The lowest BCUT2D eigenvalue weighted by Crippen LogP contribution is -2.48. The van der Waals surface area contributed by atoms with Crippen molar-refractivity contribution < 1.29 is 4.42 Å². The molecule has 40 heavy (non-hydrogen) atoms. The van der Waals surface area contributed by atoms with Crippen LogP contribution in [0.1, 0.15) is 23.3 Å². The summed E-state index contributed by atoms with van der Waals surface area (Å²) in [5.41, 5.74) is 14.0. The fourth-order valence-electron chi connectivity index (χ4n) is 6.66. The highest BCUT2D eigenvalue weighted by atomic mass is 16.3. The second-order valence-electron chi connectivity index (χ2n) is 10.6. The molecule has 0 spiro atoms. The molecule has 0 unspecified atom stereocenters. The zero-order chi connectivity index (χ0) is 26.2. The Morgan fingerprint density at radius 1 is 0.675 bits per heavy atom. The third-order valence-corrected chi connectivity index (χ3v) is 8.44. The number of benzene rings is 5. The van der Waals surface area contributed by atoms with Crippen LogP contribution in [0.15, 0.2) is 114 Å². The number of fused-ring (bicyclic) bond motifs is 8. The van der Waals surface area contributed by atoms with Crippen LogP contribution >= 0.6 is 0 Å². The van der Waals surface area contributed by atoms with Gasteiger partial charge in [-0.05, 0) is 41.5 Å². The predicted molar refractivity (Wildman–Crippen MR) is 164 cm³/mol. The summed E-state index contributed by atoms with van der Waals surface area (Å²) in [5, 5.41) is 8.44. The Morgan fingerprint density at radius 3 is 2.40 bits per heavy atom. The van der Waals surface area contributed by atoms with Gasteiger partial charge in [-0.15, -0.1) is 0 Å². The minimum absolute atomic E-state index is 0.935. The molecule has 1 aliphatic carbocycles. The van der Waals surface area contributed by atoms with Gasteiger partial charge in [0.05, 0.1) is 16.7 Å². The van der Waals surface area contributed by atoms with Crippen LogP contribution < -0.4 is 21.3 Å². The molecule has 0 atom stereocenters. The molecular weight excluding hydrogens is 490 g/mol. The molecule has 9 rings (SSSR count). The molecule has 0 saturated carbocycles. The summed E-state index contributed by atoms with van der Waals surface area (Å²) in [6.45, 7) is 0. The number of nitrogens with one attached hydrogen (secondary N) is 2. The third-order valence-electron chi connectivity index (χ3n) is 8.44. The van der Waals surface area contributed by atoms with Gasteiger partial charge < -0.3 is 4.42 Å². The number of hydrazine groups is 1. The molecule has 1 aliphatic heterocycles. The van der Waals surface area contributed by atoms with Gasteiger partial charge in [0, 0.05) is 44.1 Å². The van der Waals surface area contributed by atoms with E-state index < -0.39 is 0 Å². The first kappa shape index (κ1) is 21.7. The van der Waals surface area contributed by atoms with Crippen LogP contribution in [0.2, 0.25) is 0 Å². The molecule has 0 fully saturated rings. The van der Waals surface area contributed by atoms with Gasteiger partial charge in [0.1, 0.15) is 17.2 Å². The predicted octanol–water partition coefficient (Wildman–Crippen LogP) is 6.53. The fraction of sp³-hybridized carbons (Fsp3) is 0.0556. The molecular formula is C36H25N3O. The van der Waals surface area contributed by atoms with E-state index in [0.29, 0.717) is 0 Å². The number of hydrogen-bond acceptors (Lipinski definition) is 3. The van der Waals surface area contributed by atoms with E-state index >= 15 is 0 Å².